The van der Waals surface area contributed by atoms with Crippen molar-refractivity contribution in [3.63, 3.8) is 0 Å². The number of methoxy groups -OCH3 is 3. The topological polar surface area (TPSA) is 103 Å². The molecule has 1 atom stereocenters. The van der Waals surface area contributed by atoms with Crippen LogP contribution in [-0.2, 0) is 14.8 Å². The summed E-state index contributed by atoms with van der Waals surface area (Å²) in [5.41, 5.74) is 1.15. The van der Waals surface area contributed by atoms with Crippen molar-refractivity contribution in [1.29, 1.82) is 0 Å². The molecule has 9 heteroatoms. The third kappa shape index (κ3) is 4.93. The third-order valence-electron chi connectivity index (χ3n) is 4.00. The van der Waals surface area contributed by atoms with Gasteiger partial charge in [-0.3, -0.25) is 4.79 Å². The standard InChI is InChI=1S/C19H24N2O6S/c1-12-6-9-16(26-4)18(10-12)28(23,24)21-13(2)19(22)20-15-8-7-14(25-3)11-17(15)27-5/h6-11,13,21H,1-5H3,(H,20,22)/t13-/m1/s1. The second kappa shape index (κ2) is 8.94. The fourth-order valence-electron chi connectivity index (χ4n) is 2.49. The highest BCUT2D eigenvalue weighted by Crippen LogP contribution is 2.29. The maximum atomic E-state index is 12.7. The van der Waals surface area contributed by atoms with Gasteiger partial charge in [0, 0.05) is 6.07 Å². The van der Waals surface area contributed by atoms with Crippen LogP contribution in [0.25, 0.3) is 0 Å². The van der Waals surface area contributed by atoms with Crippen molar-refractivity contribution in [2.24, 2.45) is 0 Å². The van der Waals surface area contributed by atoms with Crippen LogP contribution in [0.4, 0.5) is 5.69 Å². The first-order valence-electron chi connectivity index (χ1n) is 8.41. The average molecular weight is 408 g/mol. The summed E-state index contributed by atoms with van der Waals surface area (Å²) >= 11 is 0. The molecule has 8 nitrogen and oxygen atoms in total. The van der Waals surface area contributed by atoms with Crippen LogP contribution >= 0.6 is 0 Å². The van der Waals surface area contributed by atoms with E-state index in [0.717, 1.165) is 5.56 Å². The van der Waals surface area contributed by atoms with Gasteiger partial charge in [-0.1, -0.05) is 6.07 Å². The number of amides is 1. The maximum absolute atomic E-state index is 12.7. The van der Waals surface area contributed by atoms with Gasteiger partial charge in [0.25, 0.3) is 0 Å². The summed E-state index contributed by atoms with van der Waals surface area (Å²) in [7, 11) is 0.385. The minimum atomic E-state index is -3.98. The van der Waals surface area contributed by atoms with Gasteiger partial charge in [-0.25, -0.2) is 8.42 Å². The van der Waals surface area contributed by atoms with E-state index in [1.54, 1.807) is 37.3 Å². The van der Waals surface area contributed by atoms with Gasteiger partial charge >= 0.3 is 0 Å². The van der Waals surface area contributed by atoms with Crippen molar-refractivity contribution in [2.45, 2.75) is 24.8 Å². The molecule has 2 rings (SSSR count). The summed E-state index contributed by atoms with van der Waals surface area (Å²) in [6, 6.07) is 8.63. The Hall–Kier alpha value is -2.78. The molecule has 0 aliphatic rings. The molecule has 0 heterocycles. The first-order chi connectivity index (χ1) is 13.2. The largest absolute Gasteiger partial charge is 0.497 e. The second-order valence-corrected chi connectivity index (χ2v) is 7.74. The number of carbonyl (C=O) groups is 1. The summed E-state index contributed by atoms with van der Waals surface area (Å²) in [5, 5.41) is 2.65. The van der Waals surface area contributed by atoms with E-state index >= 15 is 0 Å². The molecular formula is C19H24N2O6S. The van der Waals surface area contributed by atoms with Crippen LogP contribution in [0.15, 0.2) is 41.3 Å². The molecule has 0 saturated heterocycles. The van der Waals surface area contributed by atoms with Crippen molar-refractivity contribution < 1.29 is 27.4 Å². The first kappa shape index (κ1) is 21.5. The van der Waals surface area contributed by atoms with Crippen LogP contribution < -0.4 is 24.2 Å². The van der Waals surface area contributed by atoms with Crippen LogP contribution in [0.1, 0.15) is 12.5 Å². The number of rotatable bonds is 8. The molecule has 0 aliphatic heterocycles. The van der Waals surface area contributed by atoms with Crippen LogP contribution in [0.3, 0.4) is 0 Å². The Bertz CT molecular complexity index is 959. The lowest BCUT2D eigenvalue weighted by Gasteiger charge is -2.17. The summed E-state index contributed by atoms with van der Waals surface area (Å²) < 4.78 is 43.3. The minimum Gasteiger partial charge on any atom is -0.497 e. The Morgan fingerprint density at radius 3 is 2.25 bits per heavy atom. The Kier molecular flexibility index (Phi) is 6.87. The molecular weight excluding hydrogens is 384 g/mol. The number of sulfonamides is 1. The van der Waals surface area contributed by atoms with E-state index in [4.69, 9.17) is 14.2 Å². The number of carbonyl (C=O) groups excluding carboxylic acids is 1. The zero-order chi connectivity index (χ0) is 20.9. The van der Waals surface area contributed by atoms with Gasteiger partial charge < -0.3 is 19.5 Å². The molecule has 2 N–H and O–H groups in total. The summed E-state index contributed by atoms with van der Waals surface area (Å²) in [4.78, 5) is 12.5. The highest BCUT2D eigenvalue weighted by atomic mass is 32.2. The molecule has 0 aromatic heterocycles. The molecule has 0 aliphatic carbocycles. The van der Waals surface area contributed by atoms with Crippen molar-refractivity contribution in [3.05, 3.63) is 42.0 Å². The number of hydrogen-bond acceptors (Lipinski definition) is 6. The molecule has 28 heavy (non-hydrogen) atoms. The number of nitrogens with one attached hydrogen (secondary N) is 2. The molecule has 2 aromatic carbocycles. The Labute approximate surface area is 164 Å². The molecule has 0 fully saturated rings. The van der Waals surface area contributed by atoms with Crippen LogP contribution in [-0.4, -0.2) is 41.7 Å². The van der Waals surface area contributed by atoms with Gasteiger partial charge in [-0.05, 0) is 43.7 Å². The van der Waals surface area contributed by atoms with Gasteiger partial charge in [0.15, 0.2) is 0 Å². The molecule has 152 valence electrons. The summed E-state index contributed by atoms with van der Waals surface area (Å²) in [6.45, 7) is 3.22. The van der Waals surface area contributed by atoms with Crippen molar-refractivity contribution in [3.8, 4) is 17.2 Å². The van der Waals surface area contributed by atoms with Gasteiger partial charge in [-0.15, -0.1) is 0 Å². The molecule has 2 aromatic rings. The number of aryl methyl sites for hydroxylation is 1. The van der Waals surface area contributed by atoms with Crippen molar-refractivity contribution in [1.82, 2.24) is 4.72 Å². The molecule has 0 saturated carbocycles. The number of anilines is 1. The fourth-order valence-corrected chi connectivity index (χ4v) is 3.94. The van der Waals surface area contributed by atoms with E-state index in [-0.39, 0.29) is 10.6 Å². The zero-order valence-corrected chi connectivity index (χ0v) is 17.2. The predicted octanol–water partition coefficient (Wildman–Crippen LogP) is 2.33. The van der Waals surface area contributed by atoms with Gasteiger partial charge in [0.1, 0.15) is 22.1 Å². The molecule has 0 radical (unpaired) electrons. The molecule has 0 unspecified atom stereocenters. The number of hydrogen-bond donors (Lipinski definition) is 2. The highest BCUT2D eigenvalue weighted by Gasteiger charge is 2.25. The Morgan fingerprint density at radius 2 is 1.64 bits per heavy atom. The Balaban J connectivity index is 2.19. The molecule has 0 bridgehead atoms. The van der Waals surface area contributed by atoms with Gasteiger partial charge in [0.05, 0.1) is 33.1 Å². The van der Waals surface area contributed by atoms with E-state index in [2.05, 4.69) is 10.0 Å². The monoisotopic (exact) mass is 408 g/mol. The average Bonchev–Trinajstić information content (AvgIpc) is 2.67. The predicted molar refractivity (Wildman–Crippen MR) is 106 cm³/mol. The lowest BCUT2D eigenvalue weighted by atomic mass is 10.2. The number of ether oxygens (including phenoxy) is 3. The van der Waals surface area contributed by atoms with Crippen LogP contribution in [0, 0.1) is 6.92 Å². The van der Waals surface area contributed by atoms with Crippen molar-refractivity contribution in [2.75, 3.05) is 26.6 Å². The lowest BCUT2D eigenvalue weighted by Crippen LogP contribution is -2.41. The Morgan fingerprint density at radius 1 is 0.964 bits per heavy atom. The molecule has 0 spiro atoms. The van der Waals surface area contributed by atoms with Gasteiger partial charge in [-0.2, -0.15) is 4.72 Å². The van der Waals surface area contributed by atoms with Gasteiger partial charge in [0.2, 0.25) is 15.9 Å². The second-order valence-electron chi connectivity index (χ2n) is 6.05. The number of benzene rings is 2. The maximum Gasteiger partial charge on any atom is 0.244 e. The normalized spacial score (nSPS) is 12.2. The quantitative estimate of drug-likeness (QED) is 0.695. The fraction of sp³-hybridized carbons (Fsp3) is 0.316. The first-order valence-corrected chi connectivity index (χ1v) is 9.90. The summed E-state index contributed by atoms with van der Waals surface area (Å²) in [5.74, 6) is 0.611. The van der Waals surface area contributed by atoms with Crippen LogP contribution in [0.2, 0.25) is 0 Å². The van der Waals surface area contributed by atoms with Crippen molar-refractivity contribution >= 4 is 21.6 Å². The SMILES string of the molecule is COc1ccc(NC(=O)[C@@H](C)NS(=O)(=O)c2cc(C)ccc2OC)c(OC)c1. The van der Waals surface area contributed by atoms with E-state index in [1.807, 2.05) is 0 Å². The summed E-state index contributed by atoms with van der Waals surface area (Å²) in [6.07, 6.45) is 0. The van der Waals surface area contributed by atoms with Crippen LogP contribution in [0.5, 0.6) is 17.2 Å². The smallest absolute Gasteiger partial charge is 0.244 e. The van der Waals surface area contributed by atoms with E-state index in [0.29, 0.717) is 17.2 Å². The van der Waals surface area contributed by atoms with E-state index in [1.165, 1.54) is 34.3 Å². The van der Waals surface area contributed by atoms with E-state index < -0.39 is 22.0 Å². The molecule has 1 amide bonds. The third-order valence-corrected chi connectivity index (χ3v) is 5.56. The minimum absolute atomic E-state index is 0.0309. The highest BCUT2D eigenvalue weighted by molar-refractivity contribution is 7.89. The lowest BCUT2D eigenvalue weighted by molar-refractivity contribution is -0.117. The van der Waals surface area contributed by atoms with E-state index in [9.17, 15) is 13.2 Å². The zero-order valence-electron chi connectivity index (χ0n) is 16.4.